The molecule has 3 N–H and O–H groups in total. The normalized spacial score (nSPS) is 11.8. The lowest BCUT2D eigenvalue weighted by atomic mass is 10.1. The molecule has 1 aromatic carbocycles. The number of carboxylic acids is 1. The van der Waals surface area contributed by atoms with E-state index in [1.165, 1.54) is 0 Å². The largest absolute Gasteiger partial charge is 0.480 e. The number of aliphatic carboxylic acids is 1. The van der Waals surface area contributed by atoms with Crippen molar-refractivity contribution in [1.29, 1.82) is 0 Å². The molecule has 1 aromatic rings. The smallest absolute Gasteiger partial charge is 0.326 e. The molecule has 1 unspecified atom stereocenters. The molecule has 1 rings (SSSR count). The number of nitrogens with one attached hydrogen (secondary N) is 2. The van der Waals surface area contributed by atoms with Crippen LogP contribution in [0, 0.1) is 6.92 Å². The second kappa shape index (κ2) is 7.89. The van der Waals surface area contributed by atoms with Gasteiger partial charge in [-0.2, -0.15) is 0 Å². The highest BCUT2D eigenvalue weighted by molar-refractivity contribution is 9.10. The number of benzene rings is 1. The van der Waals surface area contributed by atoms with Crippen LogP contribution in [-0.4, -0.2) is 23.1 Å². The maximum absolute atomic E-state index is 11.8. The third-order valence-electron chi connectivity index (χ3n) is 2.89. The van der Waals surface area contributed by atoms with Crippen molar-refractivity contribution in [1.82, 2.24) is 5.32 Å². The Labute approximate surface area is 126 Å². The molecule has 0 saturated carbocycles. The van der Waals surface area contributed by atoms with Crippen LogP contribution in [-0.2, 0) is 4.79 Å². The molecule has 0 fully saturated rings. The summed E-state index contributed by atoms with van der Waals surface area (Å²) in [5, 5.41) is 14.2. The van der Waals surface area contributed by atoms with Crippen molar-refractivity contribution in [2.45, 2.75) is 39.2 Å². The number of aryl methyl sites for hydroxylation is 1. The fraction of sp³-hybridized carbons (Fsp3) is 0.429. The van der Waals surface area contributed by atoms with Gasteiger partial charge in [-0.3, -0.25) is 0 Å². The zero-order valence-electron chi connectivity index (χ0n) is 11.6. The van der Waals surface area contributed by atoms with Crippen LogP contribution in [0.5, 0.6) is 0 Å². The van der Waals surface area contributed by atoms with E-state index in [1.54, 1.807) is 6.07 Å². The summed E-state index contributed by atoms with van der Waals surface area (Å²) >= 11 is 3.39. The highest BCUT2D eigenvalue weighted by Gasteiger charge is 2.19. The van der Waals surface area contributed by atoms with Crippen LogP contribution in [0.4, 0.5) is 10.5 Å². The number of rotatable bonds is 6. The van der Waals surface area contributed by atoms with Gasteiger partial charge in [0.05, 0.1) is 5.69 Å². The molecule has 0 aliphatic carbocycles. The third kappa shape index (κ3) is 4.85. The Bertz CT molecular complexity index is 491. The molecule has 0 aliphatic rings. The van der Waals surface area contributed by atoms with Gasteiger partial charge < -0.3 is 15.7 Å². The Balaban J connectivity index is 2.66. The van der Waals surface area contributed by atoms with Gasteiger partial charge in [0.25, 0.3) is 0 Å². The summed E-state index contributed by atoms with van der Waals surface area (Å²) in [5.74, 6) is -1.02. The van der Waals surface area contributed by atoms with Crippen LogP contribution in [0.3, 0.4) is 0 Å². The minimum atomic E-state index is -1.02. The molecule has 6 heteroatoms. The van der Waals surface area contributed by atoms with Gasteiger partial charge in [0.1, 0.15) is 6.04 Å². The first-order valence-corrected chi connectivity index (χ1v) is 7.30. The molecule has 5 nitrogen and oxygen atoms in total. The Kier molecular flexibility index (Phi) is 6.51. The number of unbranched alkanes of at least 4 members (excludes halogenated alkanes) is 1. The van der Waals surface area contributed by atoms with E-state index in [0.29, 0.717) is 12.1 Å². The molecule has 0 saturated heterocycles. The summed E-state index contributed by atoms with van der Waals surface area (Å²) in [6.45, 7) is 3.89. The van der Waals surface area contributed by atoms with E-state index >= 15 is 0 Å². The first-order chi connectivity index (χ1) is 9.45. The van der Waals surface area contributed by atoms with Crippen LogP contribution in [0.15, 0.2) is 22.7 Å². The van der Waals surface area contributed by atoms with Crippen molar-refractivity contribution in [3.05, 3.63) is 28.2 Å². The number of carbonyl (C=O) groups excluding carboxylic acids is 1. The van der Waals surface area contributed by atoms with Crippen molar-refractivity contribution < 1.29 is 14.7 Å². The predicted molar refractivity (Wildman–Crippen MR) is 82.0 cm³/mol. The number of anilines is 1. The number of hydrogen-bond acceptors (Lipinski definition) is 2. The van der Waals surface area contributed by atoms with Gasteiger partial charge in [0.2, 0.25) is 0 Å². The molecule has 0 bridgehead atoms. The lowest BCUT2D eigenvalue weighted by Gasteiger charge is -2.15. The SMILES string of the molecule is CCCCC(NC(=O)Nc1cccc(C)c1Br)C(=O)O. The van der Waals surface area contributed by atoms with Crippen molar-refractivity contribution >= 4 is 33.6 Å². The Morgan fingerprint density at radius 2 is 2.10 bits per heavy atom. The van der Waals surface area contributed by atoms with E-state index in [0.717, 1.165) is 22.9 Å². The van der Waals surface area contributed by atoms with Gasteiger partial charge in [-0.05, 0) is 40.9 Å². The number of hydrogen-bond donors (Lipinski definition) is 3. The Morgan fingerprint density at radius 3 is 2.70 bits per heavy atom. The van der Waals surface area contributed by atoms with Gasteiger partial charge in [-0.25, -0.2) is 9.59 Å². The predicted octanol–water partition coefficient (Wildman–Crippen LogP) is 3.52. The zero-order chi connectivity index (χ0) is 15.1. The fourth-order valence-electron chi connectivity index (χ4n) is 1.73. The summed E-state index contributed by atoms with van der Waals surface area (Å²) in [6, 6.07) is 4.10. The molecule has 0 spiro atoms. The van der Waals surface area contributed by atoms with Crippen LogP contribution in [0.2, 0.25) is 0 Å². The molecule has 0 heterocycles. The van der Waals surface area contributed by atoms with Gasteiger partial charge in [-0.15, -0.1) is 0 Å². The first-order valence-electron chi connectivity index (χ1n) is 6.51. The van der Waals surface area contributed by atoms with Crippen molar-refractivity contribution in [3.63, 3.8) is 0 Å². The average Bonchev–Trinajstić information content (AvgIpc) is 2.39. The molecular weight excluding hydrogens is 324 g/mol. The summed E-state index contributed by atoms with van der Waals surface area (Å²) in [6.07, 6.45) is 2.07. The van der Waals surface area contributed by atoms with E-state index in [9.17, 15) is 9.59 Å². The number of amides is 2. The molecule has 0 aromatic heterocycles. The lowest BCUT2D eigenvalue weighted by Crippen LogP contribution is -2.43. The lowest BCUT2D eigenvalue weighted by molar-refractivity contribution is -0.139. The molecular formula is C14H19BrN2O3. The summed E-state index contributed by atoms with van der Waals surface area (Å²) in [7, 11) is 0. The van der Waals surface area contributed by atoms with Crippen molar-refractivity contribution in [2.75, 3.05) is 5.32 Å². The monoisotopic (exact) mass is 342 g/mol. The molecule has 110 valence electrons. The van der Waals surface area contributed by atoms with E-state index in [4.69, 9.17) is 5.11 Å². The van der Waals surface area contributed by atoms with Gasteiger partial charge >= 0.3 is 12.0 Å². The molecule has 2 amide bonds. The Morgan fingerprint density at radius 1 is 1.40 bits per heavy atom. The van der Waals surface area contributed by atoms with Crippen LogP contribution in [0.25, 0.3) is 0 Å². The third-order valence-corrected chi connectivity index (χ3v) is 3.94. The molecule has 0 radical (unpaired) electrons. The molecule has 0 aliphatic heterocycles. The quantitative estimate of drug-likeness (QED) is 0.739. The van der Waals surface area contributed by atoms with E-state index in [-0.39, 0.29) is 0 Å². The molecule has 20 heavy (non-hydrogen) atoms. The van der Waals surface area contributed by atoms with E-state index in [1.807, 2.05) is 26.0 Å². The van der Waals surface area contributed by atoms with Gasteiger partial charge in [0, 0.05) is 4.47 Å². The highest BCUT2D eigenvalue weighted by Crippen LogP contribution is 2.25. The standard InChI is InChI=1S/C14H19BrN2O3/c1-3-4-7-11(13(18)19)17-14(20)16-10-8-5-6-9(2)12(10)15/h5-6,8,11H,3-4,7H2,1-2H3,(H,18,19)(H2,16,17,20). The highest BCUT2D eigenvalue weighted by atomic mass is 79.9. The van der Waals surface area contributed by atoms with Crippen molar-refractivity contribution in [2.24, 2.45) is 0 Å². The Hall–Kier alpha value is -1.56. The minimum Gasteiger partial charge on any atom is -0.480 e. The first kappa shape index (κ1) is 16.5. The second-order valence-electron chi connectivity index (χ2n) is 4.57. The summed E-state index contributed by atoms with van der Waals surface area (Å²) < 4.78 is 0.788. The number of carboxylic acid groups (broad SMARTS) is 1. The van der Waals surface area contributed by atoms with E-state index < -0.39 is 18.0 Å². The topological polar surface area (TPSA) is 78.4 Å². The molecule has 1 atom stereocenters. The second-order valence-corrected chi connectivity index (χ2v) is 5.36. The number of halogens is 1. The maximum Gasteiger partial charge on any atom is 0.326 e. The van der Waals surface area contributed by atoms with E-state index in [2.05, 4.69) is 26.6 Å². The number of urea groups is 1. The van der Waals surface area contributed by atoms with Crippen LogP contribution >= 0.6 is 15.9 Å². The van der Waals surface area contributed by atoms with Gasteiger partial charge in [-0.1, -0.05) is 31.9 Å². The fourth-order valence-corrected chi connectivity index (χ4v) is 2.09. The number of carbonyl (C=O) groups is 2. The van der Waals surface area contributed by atoms with Crippen molar-refractivity contribution in [3.8, 4) is 0 Å². The van der Waals surface area contributed by atoms with Crippen LogP contribution < -0.4 is 10.6 Å². The average molecular weight is 343 g/mol. The van der Waals surface area contributed by atoms with Crippen LogP contribution in [0.1, 0.15) is 31.7 Å². The minimum absolute atomic E-state index is 0.425. The maximum atomic E-state index is 11.8. The van der Waals surface area contributed by atoms with Gasteiger partial charge in [0.15, 0.2) is 0 Å². The zero-order valence-corrected chi connectivity index (χ0v) is 13.2. The summed E-state index contributed by atoms with van der Waals surface area (Å²) in [4.78, 5) is 22.9. The summed E-state index contributed by atoms with van der Waals surface area (Å²) in [5.41, 5.74) is 1.60.